The van der Waals surface area contributed by atoms with Crippen molar-refractivity contribution in [3.8, 4) is 0 Å². The van der Waals surface area contributed by atoms with Crippen LogP contribution in [0.15, 0.2) is 60.8 Å². The van der Waals surface area contributed by atoms with Crippen molar-refractivity contribution >= 4 is 35.1 Å². The normalized spacial score (nSPS) is 12.9. The molecule has 5 N–H and O–H groups in total. The highest BCUT2D eigenvalue weighted by Crippen LogP contribution is 2.21. The van der Waals surface area contributed by atoms with Crippen molar-refractivity contribution in [2.24, 2.45) is 5.73 Å². The Balaban J connectivity index is 1.47. The van der Waals surface area contributed by atoms with Crippen LogP contribution in [0.1, 0.15) is 28.8 Å². The molecule has 4 rings (SSSR count). The third-order valence-corrected chi connectivity index (χ3v) is 5.12. The van der Waals surface area contributed by atoms with Gasteiger partial charge in [-0.05, 0) is 36.6 Å². The molecule has 1 saturated heterocycles. The Hall–Kier alpha value is -4.14. The number of nitrogens with zero attached hydrogens (tertiary/aromatic N) is 3. The maximum absolute atomic E-state index is 12.3. The minimum absolute atomic E-state index is 0.103. The molecule has 9 nitrogen and oxygen atoms in total. The van der Waals surface area contributed by atoms with E-state index < -0.39 is 5.91 Å². The third kappa shape index (κ3) is 5.31. The first-order chi connectivity index (χ1) is 15.6. The van der Waals surface area contributed by atoms with Gasteiger partial charge in [-0.1, -0.05) is 36.4 Å². The molecule has 0 radical (unpaired) electrons. The van der Waals surface area contributed by atoms with Gasteiger partial charge >= 0.3 is 6.03 Å². The number of carbonyl (C=O) groups excluding carboxylic acids is 2. The van der Waals surface area contributed by atoms with E-state index in [0.29, 0.717) is 29.7 Å². The van der Waals surface area contributed by atoms with E-state index in [4.69, 9.17) is 5.73 Å². The number of rotatable bonds is 7. The van der Waals surface area contributed by atoms with Crippen LogP contribution in [0.25, 0.3) is 0 Å². The Labute approximate surface area is 186 Å². The molecule has 0 saturated carbocycles. The topological polar surface area (TPSA) is 125 Å². The maximum Gasteiger partial charge on any atom is 0.321 e. The van der Waals surface area contributed by atoms with E-state index in [9.17, 15) is 9.59 Å². The lowest BCUT2D eigenvalue weighted by molar-refractivity contribution is 0.100. The number of aromatic nitrogens is 2. The smallest absolute Gasteiger partial charge is 0.321 e. The van der Waals surface area contributed by atoms with Crippen LogP contribution in [0.3, 0.4) is 0 Å². The lowest BCUT2D eigenvalue weighted by Gasteiger charge is -2.16. The van der Waals surface area contributed by atoms with Crippen molar-refractivity contribution in [3.63, 3.8) is 0 Å². The second-order valence-corrected chi connectivity index (χ2v) is 7.49. The molecular weight excluding hydrogens is 406 g/mol. The zero-order valence-electron chi connectivity index (χ0n) is 17.5. The van der Waals surface area contributed by atoms with Gasteiger partial charge in [0.15, 0.2) is 0 Å². The van der Waals surface area contributed by atoms with Gasteiger partial charge in [-0.2, -0.15) is 4.98 Å². The van der Waals surface area contributed by atoms with Crippen LogP contribution >= 0.6 is 0 Å². The summed E-state index contributed by atoms with van der Waals surface area (Å²) in [6.07, 6.45) is 3.46. The van der Waals surface area contributed by atoms with Gasteiger partial charge in [-0.15, -0.1) is 0 Å². The van der Waals surface area contributed by atoms with Gasteiger partial charge < -0.3 is 26.6 Å². The first-order valence-electron chi connectivity index (χ1n) is 10.5. The summed E-state index contributed by atoms with van der Waals surface area (Å²) in [6, 6.07) is 16.9. The highest BCUT2D eigenvalue weighted by Gasteiger charge is 2.18. The van der Waals surface area contributed by atoms with Gasteiger partial charge in [0.2, 0.25) is 5.95 Å². The summed E-state index contributed by atoms with van der Waals surface area (Å²) in [4.78, 5) is 34.6. The van der Waals surface area contributed by atoms with E-state index in [1.54, 1.807) is 11.0 Å². The average Bonchev–Trinajstić information content (AvgIpc) is 3.34. The predicted octanol–water partition coefficient (Wildman–Crippen LogP) is 3.56. The SMILES string of the molecule is NC(=O)c1cnc(Nc2cccc(NC(=O)N3CCCC3)c2)nc1NCc1ccccc1. The molecule has 2 aromatic carbocycles. The zero-order valence-corrected chi connectivity index (χ0v) is 17.5. The summed E-state index contributed by atoms with van der Waals surface area (Å²) in [5, 5.41) is 9.18. The molecule has 3 amide bonds. The van der Waals surface area contributed by atoms with Crippen molar-refractivity contribution in [2.45, 2.75) is 19.4 Å². The minimum atomic E-state index is -0.612. The van der Waals surface area contributed by atoms with Crippen LogP contribution in [0.5, 0.6) is 0 Å². The van der Waals surface area contributed by atoms with Gasteiger partial charge in [0.1, 0.15) is 5.82 Å². The van der Waals surface area contributed by atoms with Crippen molar-refractivity contribution in [1.82, 2.24) is 14.9 Å². The Kier molecular flexibility index (Phi) is 6.45. The summed E-state index contributed by atoms with van der Waals surface area (Å²) >= 11 is 0. The van der Waals surface area contributed by atoms with Crippen LogP contribution in [0.4, 0.5) is 27.9 Å². The average molecular weight is 432 g/mol. The van der Waals surface area contributed by atoms with Gasteiger partial charge in [-0.25, -0.2) is 9.78 Å². The second kappa shape index (κ2) is 9.78. The van der Waals surface area contributed by atoms with E-state index in [1.807, 2.05) is 48.5 Å². The molecule has 0 atom stereocenters. The molecular formula is C23H25N7O2. The molecule has 1 aromatic heterocycles. The molecule has 32 heavy (non-hydrogen) atoms. The molecule has 1 aliphatic heterocycles. The van der Waals surface area contributed by atoms with Crippen molar-refractivity contribution in [1.29, 1.82) is 0 Å². The summed E-state index contributed by atoms with van der Waals surface area (Å²) in [5.74, 6) is 0.0321. The fraction of sp³-hybridized carbons (Fsp3) is 0.217. The molecule has 0 spiro atoms. The number of carbonyl (C=O) groups is 2. The fourth-order valence-electron chi connectivity index (χ4n) is 3.47. The van der Waals surface area contributed by atoms with Gasteiger partial charge in [0, 0.05) is 37.2 Å². The number of nitrogens with two attached hydrogens (primary N) is 1. The van der Waals surface area contributed by atoms with Gasteiger partial charge in [0.25, 0.3) is 5.91 Å². The summed E-state index contributed by atoms with van der Waals surface area (Å²) in [7, 11) is 0. The fourth-order valence-corrected chi connectivity index (χ4v) is 3.47. The Morgan fingerprint density at radius 3 is 2.50 bits per heavy atom. The molecule has 1 fully saturated rings. The number of benzene rings is 2. The Morgan fingerprint density at radius 1 is 1.00 bits per heavy atom. The van der Waals surface area contributed by atoms with E-state index in [0.717, 1.165) is 31.5 Å². The number of urea groups is 1. The first kappa shape index (κ1) is 21.1. The monoisotopic (exact) mass is 431 g/mol. The highest BCUT2D eigenvalue weighted by molar-refractivity contribution is 5.97. The van der Waals surface area contributed by atoms with E-state index in [-0.39, 0.29) is 11.6 Å². The molecule has 164 valence electrons. The van der Waals surface area contributed by atoms with Crippen LogP contribution in [0, 0.1) is 0 Å². The number of amides is 3. The van der Waals surface area contributed by atoms with Crippen LogP contribution in [-0.2, 0) is 6.54 Å². The third-order valence-electron chi connectivity index (χ3n) is 5.12. The summed E-state index contributed by atoms with van der Waals surface area (Å²) in [6.45, 7) is 2.04. The maximum atomic E-state index is 12.3. The number of nitrogens with one attached hydrogen (secondary N) is 3. The Morgan fingerprint density at radius 2 is 1.75 bits per heavy atom. The lowest BCUT2D eigenvalue weighted by atomic mass is 10.2. The van der Waals surface area contributed by atoms with Crippen molar-refractivity contribution < 1.29 is 9.59 Å². The molecule has 2 heterocycles. The number of hydrogen-bond donors (Lipinski definition) is 4. The summed E-state index contributed by atoms with van der Waals surface area (Å²) < 4.78 is 0. The van der Waals surface area contributed by atoms with Gasteiger partial charge in [-0.3, -0.25) is 4.79 Å². The molecule has 1 aliphatic rings. The van der Waals surface area contributed by atoms with E-state index in [2.05, 4.69) is 25.9 Å². The van der Waals surface area contributed by atoms with E-state index in [1.165, 1.54) is 6.20 Å². The van der Waals surface area contributed by atoms with Crippen LogP contribution < -0.4 is 21.7 Å². The quantitative estimate of drug-likeness (QED) is 0.453. The summed E-state index contributed by atoms with van der Waals surface area (Å²) in [5.41, 5.74) is 8.10. The van der Waals surface area contributed by atoms with Crippen molar-refractivity contribution in [2.75, 3.05) is 29.0 Å². The number of primary amides is 1. The van der Waals surface area contributed by atoms with Crippen molar-refractivity contribution in [3.05, 3.63) is 71.9 Å². The van der Waals surface area contributed by atoms with Crippen LogP contribution in [0.2, 0.25) is 0 Å². The molecule has 0 aliphatic carbocycles. The van der Waals surface area contributed by atoms with Crippen LogP contribution in [-0.4, -0.2) is 39.9 Å². The molecule has 3 aromatic rings. The lowest BCUT2D eigenvalue weighted by Crippen LogP contribution is -2.32. The molecule has 9 heteroatoms. The zero-order chi connectivity index (χ0) is 22.3. The number of likely N-dealkylation sites (tertiary alicyclic amines) is 1. The first-order valence-corrected chi connectivity index (χ1v) is 10.5. The van der Waals surface area contributed by atoms with E-state index >= 15 is 0 Å². The second-order valence-electron chi connectivity index (χ2n) is 7.49. The predicted molar refractivity (Wildman–Crippen MR) is 124 cm³/mol. The Bertz CT molecular complexity index is 1100. The number of anilines is 4. The molecule has 0 unspecified atom stereocenters. The largest absolute Gasteiger partial charge is 0.365 e. The number of hydrogen-bond acceptors (Lipinski definition) is 6. The minimum Gasteiger partial charge on any atom is -0.365 e. The standard InChI is InChI=1S/C23H25N7O2/c24-20(31)19-15-26-22(29-21(19)25-14-16-7-2-1-3-8-16)27-17-9-6-10-18(13-17)28-23(32)30-11-4-5-12-30/h1-3,6-10,13,15H,4-5,11-12,14H2,(H2,24,31)(H,28,32)(H2,25,26,27,29). The highest BCUT2D eigenvalue weighted by atomic mass is 16.2. The van der Waals surface area contributed by atoms with Gasteiger partial charge in [0.05, 0.1) is 5.56 Å². The molecule has 0 bridgehead atoms.